The topological polar surface area (TPSA) is 0 Å². The predicted molar refractivity (Wildman–Crippen MR) is 217 cm³/mol. The van der Waals surface area contributed by atoms with Crippen molar-refractivity contribution in [2.24, 2.45) is 11.8 Å². The monoisotopic (exact) mass is 654 g/mol. The van der Waals surface area contributed by atoms with Crippen LogP contribution in [-0.2, 0) is 5.41 Å². The average molecular weight is 655 g/mol. The molecule has 0 amide bonds. The zero-order chi connectivity index (χ0) is 33.1. The van der Waals surface area contributed by atoms with Crippen LogP contribution in [0.15, 0.2) is 158 Å². The van der Waals surface area contributed by atoms with Crippen LogP contribution >= 0.6 is 11.3 Å². The highest BCUT2D eigenvalue weighted by Crippen LogP contribution is 2.54. The maximum atomic E-state index is 2.49. The first kappa shape index (κ1) is 28.3. The van der Waals surface area contributed by atoms with Crippen LogP contribution in [0.25, 0.3) is 80.3 Å². The molecule has 0 spiro atoms. The Labute approximate surface area is 296 Å². The minimum atomic E-state index is -0.111. The molecule has 0 aliphatic heterocycles. The Morgan fingerprint density at radius 1 is 0.520 bits per heavy atom. The molecule has 236 valence electrons. The molecule has 3 aliphatic rings. The number of thiophene rings is 1. The summed E-state index contributed by atoms with van der Waals surface area (Å²) in [7, 11) is 0. The number of fused-ring (bicyclic) bond motifs is 11. The fraction of sp³-hybridized carbons (Fsp3) is 0.102. The summed E-state index contributed by atoms with van der Waals surface area (Å²) in [5.74, 6) is 0.730. The van der Waals surface area contributed by atoms with Gasteiger partial charge in [0.25, 0.3) is 0 Å². The summed E-state index contributed by atoms with van der Waals surface area (Å²) in [5, 5.41) is 10.7. The quantitative estimate of drug-likeness (QED) is 0.163. The molecule has 8 aromatic rings. The zero-order valence-corrected chi connectivity index (χ0v) is 28.9. The number of rotatable bonds is 2. The van der Waals surface area contributed by atoms with Crippen molar-refractivity contribution in [2.75, 3.05) is 0 Å². The van der Waals surface area contributed by atoms with E-state index < -0.39 is 0 Å². The second kappa shape index (κ2) is 10.3. The SMILES string of the molecule is CC1(C)c2ccc(-c3c4ccccc4c(C4=CC=CC5C=CC=CC45)c4ccccc34)cc2-c2ccc3cc4c(cc3c21)sc1ccccc14. The molecule has 1 aromatic heterocycles. The molecular formula is C49H34S. The molecule has 0 nitrogen and oxygen atoms in total. The van der Waals surface area contributed by atoms with Crippen LogP contribution < -0.4 is 0 Å². The van der Waals surface area contributed by atoms with Crippen LogP contribution in [0.2, 0.25) is 0 Å². The summed E-state index contributed by atoms with van der Waals surface area (Å²) in [6.07, 6.45) is 16.1. The Morgan fingerprint density at radius 2 is 1.20 bits per heavy atom. The van der Waals surface area contributed by atoms with Crippen LogP contribution in [0, 0.1) is 11.8 Å². The van der Waals surface area contributed by atoms with E-state index in [4.69, 9.17) is 0 Å². The molecule has 2 atom stereocenters. The fourth-order valence-corrected chi connectivity index (χ4v) is 10.7. The molecule has 1 heteroatoms. The van der Waals surface area contributed by atoms with Gasteiger partial charge in [0.1, 0.15) is 0 Å². The first-order chi connectivity index (χ1) is 24.6. The molecule has 1 heterocycles. The highest BCUT2D eigenvalue weighted by atomic mass is 32.1. The largest absolute Gasteiger partial charge is 0.135 e. The van der Waals surface area contributed by atoms with Crippen LogP contribution in [0.1, 0.15) is 30.5 Å². The lowest BCUT2D eigenvalue weighted by Crippen LogP contribution is -2.15. The molecule has 0 fully saturated rings. The van der Waals surface area contributed by atoms with E-state index >= 15 is 0 Å². The second-order valence-electron chi connectivity index (χ2n) is 14.8. The lowest BCUT2D eigenvalue weighted by Gasteiger charge is -2.29. The maximum Gasteiger partial charge on any atom is 0.0361 e. The van der Waals surface area contributed by atoms with Gasteiger partial charge in [0, 0.05) is 37.4 Å². The lowest BCUT2D eigenvalue weighted by atomic mass is 9.74. The van der Waals surface area contributed by atoms with Crippen LogP contribution in [0.3, 0.4) is 0 Å². The highest BCUT2D eigenvalue weighted by Gasteiger charge is 2.37. The van der Waals surface area contributed by atoms with Crippen molar-refractivity contribution in [1.29, 1.82) is 0 Å². The standard InChI is InChI=1S/C49H34S/c1-49(2)43-25-23-31(27-41(43)39-24-22-30-26-42-33-15-9-10-21-44(33)50-45(42)28-40(30)48(39)49)46-35-16-5-7-18-37(35)47(38-19-8-6-17-36(38)46)34-20-11-13-29-12-3-4-14-32(29)34/h3-29,32H,1-2H3. The van der Waals surface area contributed by atoms with Gasteiger partial charge in [0.15, 0.2) is 0 Å². The van der Waals surface area contributed by atoms with Gasteiger partial charge in [0.05, 0.1) is 0 Å². The van der Waals surface area contributed by atoms with Gasteiger partial charge in [-0.15, -0.1) is 11.3 Å². The van der Waals surface area contributed by atoms with Crippen molar-refractivity contribution >= 4 is 69.4 Å². The molecule has 0 N–H and O–H groups in total. The number of hydrogen-bond donors (Lipinski definition) is 0. The van der Waals surface area contributed by atoms with Gasteiger partial charge in [-0.05, 0) is 101 Å². The fourth-order valence-electron chi connectivity index (χ4n) is 9.56. The number of allylic oxidation sites excluding steroid dienone is 8. The van der Waals surface area contributed by atoms with Crippen molar-refractivity contribution in [1.82, 2.24) is 0 Å². The third kappa shape index (κ3) is 3.82. The van der Waals surface area contributed by atoms with E-state index in [1.54, 1.807) is 0 Å². The first-order valence-electron chi connectivity index (χ1n) is 17.8. The van der Waals surface area contributed by atoms with Gasteiger partial charge in [-0.1, -0.05) is 147 Å². The van der Waals surface area contributed by atoms with Crippen molar-refractivity contribution in [3.05, 3.63) is 174 Å². The first-order valence-corrected chi connectivity index (χ1v) is 18.6. The maximum absolute atomic E-state index is 2.49. The number of hydrogen-bond acceptors (Lipinski definition) is 1. The number of benzene rings is 7. The third-order valence-electron chi connectivity index (χ3n) is 11.8. The van der Waals surface area contributed by atoms with Gasteiger partial charge in [-0.25, -0.2) is 0 Å². The summed E-state index contributed by atoms with van der Waals surface area (Å²) >= 11 is 1.91. The lowest BCUT2D eigenvalue weighted by molar-refractivity contribution is 0.666. The predicted octanol–water partition coefficient (Wildman–Crippen LogP) is 13.8. The van der Waals surface area contributed by atoms with Crippen LogP contribution in [-0.4, -0.2) is 0 Å². The molecule has 0 saturated heterocycles. The van der Waals surface area contributed by atoms with E-state index in [0.717, 1.165) is 0 Å². The van der Waals surface area contributed by atoms with E-state index in [1.807, 2.05) is 11.3 Å². The average Bonchev–Trinajstić information content (AvgIpc) is 3.63. The van der Waals surface area contributed by atoms with E-state index in [2.05, 4.69) is 172 Å². The molecule has 0 radical (unpaired) electrons. The Bertz CT molecular complexity index is 2850. The van der Waals surface area contributed by atoms with E-state index in [1.165, 1.54) is 97.0 Å². The molecule has 0 bridgehead atoms. The Morgan fingerprint density at radius 3 is 1.98 bits per heavy atom. The zero-order valence-electron chi connectivity index (χ0n) is 28.1. The molecule has 11 rings (SSSR count). The molecule has 2 unspecified atom stereocenters. The van der Waals surface area contributed by atoms with Gasteiger partial charge in [-0.3, -0.25) is 0 Å². The third-order valence-corrected chi connectivity index (χ3v) is 12.9. The van der Waals surface area contributed by atoms with Crippen molar-refractivity contribution in [3.63, 3.8) is 0 Å². The van der Waals surface area contributed by atoms with Gasteiger partial charge in [-0.2, -0.15) is 0 Å². The second-order valence-corrected chi connectivity index (χ2v) is 15.8. The van der Waals surface area contributed by atoms with Crippen LogP contribution in [0.5, 0.6) is 0 Å². The molecule has 0 saturated carbocycles. The van der Waals surface area contributed by atoms with E-state index in [9.17, 15) is 0 Å². The molecule has 3 aliphatic carbocycles. The highest BCUT2D eigenvalue weighted by molar-refractivity contribution is 7.25. The van der Waals surface area contributed by atoms with Gasteiger partial charge in [0.2, 0.25) is 0 Å². The Kier molecular flexibility index (Phi) is 5.82. The van der Waals surface area contributed by atoms with E-state index in [0.29, 0.717) is 11.8 Å². The summed E-state index contributed by atoms with van der Waals surface area (Å²) in [5.41, 5.74) is 10.9. The van der Waals surface area contributed by atoms with Gasteiger partial charge < -0.3 is 0 Å². The van der Waals surface area contributed by atoms with Crippen molar-refractivity contribution in [3.8, 4) is 22.3 Å². The van der Waals surface area contributed by atoms with Crippen molar-refractivity contribution in [2.45, 2.75) is 19.3 Å². The van der Waals surface area contributed by atoms with E-state index in [-0.39, 0.29) is 5.41 Å². The van der Waals surface area contributed by atoms with Crippen LogP contribution in [0.4, 0.5) is 0 Å². The summed E-state index contributed by atoms with van der Waals surface area (Å²) < 4.78 is 2.72. The minimum absolute atomic E-state index is 0.111. The molecule has 7 aromatic carbocycles. The Balaban J connectivity index is 1.15. The Hall–Kier alpha value is -5.50. The summed E-state index contributed by atoms with van der Waals surface area (Å²) in [6.45, 7) is 4.83. The van der Waals surface area contributed by atoms with Crippen molar-refractivity contribution < 1.29 is 0 Å². The van der Waals surface area contributed by atoms with Gasteiger partial charge >= 0.3 is 0 Å². The summed E-state index contributed by atoms with van der Waals surface area (Å²) in [6, 6.07) is 43.9. The summed E-state index contributed by atoms with van der Waals surface area (Å²) in [4.78, 5) is 0. The molecule has 50 heavy (non-hydrogen) atoms. The molecular weight excluding hydrogens is 621 g/mol. The normalized spacial score (nSPS) is 18.6. The minimum Gasteiger partial charge on any atom is -0.135 e. The smallest absolute Gasteiger partial charge is 0.0361 e.